The number of ether oxygens (including phenoxy) is 1. The van der Waals surface area contributed by atoms with Crippen LogP contribution < -0.4 is 30.7 Å². The van der Waals surface area contributed by atoms with Gasteiger partial charge in [-0.25, -0.2) is 40.0 Å². The minimum absolute atomic E-state index is 0.0220. The Morgan fingerprint density at radius 3 is 2.01 bits per heavy atom. The molecule has 1 fully saturated rings. The third kappa shape index (κ3) is 16.9. The predicted octanol–water partition coefficient (Wildman–Crippen LogP) is 2.44. The number of Topliss-reactive ketones (excluding diaryl/α,β-unsaturated/α-hetero) is 1. The lowest BCUT2D eigenvalue weighted by Crippen LogP contribution is -2.59. The topological polar surface area (TPSA) is 315 Å². The molecule has 5 rings (SSSR count). The number of aromatic nitrogens is 2. The third-order valence-electron chi connectivity index (χ3n) is 11.7. The molecule has 1 saturated heterocycles. The molecule has 7 amide bonds. The Kier molecular flexibility index (Phi) is 21.1. The van der Waals surface area contributed by atoms with Gasteiger partial charge < -0.3 is 30.9 Å². The molecule has 76 heavy (non-hydrogen) atoms. The Morgan fingerprint density at radius 2 is 1.42 bits per heavy atom. The standard InChI is InChI=1S/C49H56ClF2N9O13S2/c1-5-29(4)42(58-45(65)37(18-28(2)3)57-46(66)38-24-53-16-17-54-38)49(69)61-26-33(74-27-30-12-8-6-9-13-30)21-39(61)47(67)56-36(23-40(51)52)43(63)48(68)55-25-41(62)59-75(70,71)34-19-32(50)20-35(22-34)76(72,73)60-44(64)31-14-10-7-11-15-31/h6-17,19-20,22,24,28-29,33,36-37,39-40,42H,5,18,21,23,25-27H2,1-4H3,(H,55,68)(H,56,67)(H,57,66)(H,58,65)(H,59,62)(H,60,64). The molecule has 0 aliphatic carbocycles. The first-order valence-electron chi connectivity index (χ1n) is 23.6. The van der Waals surface area contributed by atoms with Crippen molar-refractivity contribution in [3.05, 3.63) is 119 Å². The van der Waals surface area contributed by atoms with E-state index in [1.54, 1.807) is 59.7 Å². The number of carbonyl (C=O) groups excluding carboxylic acids is 8. The van der Waals surface area contributed by atoms with Gasteiger partial charge in [0, 0.05) is 42.4 Å². The van der Waals surface area contributed by atoms with Gasteiger partial charge in [-0.1, -0.05) is 94.2 Å². The minimum Gasteiger partial charge on any atom is -0.372 e. The molecule has 2 heterocycles. The van der Waals surface area contributed by atoms with Crippen LogP contribution in [-0.2, 0) is 60.2 Å². The molecule has 27 heteroatoms. The number of sulfonamides is 2. The van der Waals surface area contributed by atoms with Crippen molar-refractivity contribution < 1.29 is 68.7 Å². The maximum atomic E-state index is 14.7. The van der Waals surface area contributed by atoms with Crippen molar-refractivity contribution in [1.29, 1.82) is 0 Å². The SMILES string of the molecule is CCC(C)C(NC(=O)C(CC(C)C)NC(=O)c1cnccn1)C(=O)N1CC(OCc2ccccc2)CC1C(=O)NC(CC(F)F)C(=O)C(=O)NCC(=O)NS(=O)(=O)c1cc(Cl)cc(S(=O)(=O)NC(=O)c2ccccc2)c1. The van der Waals surface area contributed by atoms with E-state index in [4.69, 9.17) is 16.3 Å². The fourth-order valence-electron chi connectivity index (χ4n) is 7.67. The van der Waals surface area contributed by atoms with Crippen molar-refractivity contribution in [2.24, 2.45) is 11.8 Å². The maximum absolute atomic E-state index is 14.7. The van der Waals surface area contributed by atoms with Crippen LogP contribution in [-0.4, -0.2) is 129 Å². The van der Waals surface area contributed by atoms with Crippen LogP contribution in [0.25, 0.3) is 0 Å². The Labute approximate surface area is 442 Å². The zero-order chi connectivity index (χ0) is 55.9. The Hall–Kier alpha value is -7.29. The Balaban J connectivity index is 1.31. The summed E-state index contributed by atoms with van der Waals surface area (Å²) in [5.41, 5.74) is 0.614. The first-order valence-corrected chi connectivity index (χ1v) is 27.0. The average Bonchev–Trinajstić information content (AvgIpc) is 3.83. The Morgan fingerprint density at radius 1 is 0.789 bits per heavy atom. The lowest BCUT2D eigenvalue weighted by Gasteiger charge is -2.33. The number of ketones is 1. The largest absolute Gasteiger partial charge is 0.372 e. The van der Waals surface area contributed by atoms with Crippen LogP contribution in [0.1, 0.15) is 79.8 Å². The average molecular weight is 1120 g/mol. The molecule has 22 nitrogen and oxygen atoms in total. The van der Waals surface area contributed by atoms with Crippen molar-refractivity contribution >= 4 is 78.8 Å². The number of hydrogen-bond acceptors (Lipinski definition) is 15. The fraction of sp³-hybridized carbons (Fsp3) is 0.388. The van der Waals surface area contributed by atoms with Crippen LogP contribution in [0, 0.1) is 11.8 Å². The van der Waals surface area contributed by atoms with E-state index in [-0.39, 0.29) is 43.2 Å². The lowest BCUT2D eigenvalue weighted by atomic mass is 9.96. The van der Waals surface area contributed by atoms with Gasteiger partial charge in [-0.2, -0.15) is 0 Å². The summed E-state index contributed by atoms with van der Waals surface area (Å²) in [6.45, 7) is 5.53. The van der Waals surface area contributed by atoms with Gasteiger partial charge >= 0.3 is 0 Å². The van der Waals surface area contributed by atoms with E-state index < -0.39 is 138 Å². The van der Waals surface area contributed by atoms with Crippen LogP contribution in [0.4, 0.5) is 8.78 Å². The highest BCUT2D eigenvalue weighted by Gasteiger charge is 2.45. The number of carbonyl (C=O) groups is 8. The molecule has 3 aromatic carbocycles. The van der Waals surface area contributed by atoms with E-state index in [9.17, 15) is 64.0 Å². The van der Waals surface area contributed by atoms with Gasteiger partial charge in [0.15, 0.2) is 0 Å². The number of halogens is 3. The second-order valence-corrected chi connectivity index (χ2v) is 21.8. The maximum Gasteiger partial charge on any atom is 0.290 e. The highest BCUT2D eigenvalue weighted by Crippen LogP contribution is 2.26. The number of alkyl halides is 2. The monoisotopic (exact) mass is 1120 g/mol. The van der Waals surface area contributed by atoms with Gasteiger partial charge in [-0.05, 0) is 54.2 Å². The number of nitrogens with zero attached hydrogens (tertiary/aromatic N) is 3. The number of likely N-dealkylation sites (tertiary alicyclic amines) is 1. The summed E-state index contributed by atoms with van der Waals surface area (Å²) >= 11 is 6.02. The van der Waals surface area contributed by atoms with Gasteiger partial charge in [-0.3, -0.25) is 43.3 Å². The van der Waals surface area contributed by atoms with Gasteiger partial charge in [0.05, 0.1) is 35.2 Å². The summed E-state index contributed by atoms with van der Waals surface area (Å²) in [7, 11) is -9.75. The molecule has 6 N–H and O–H groups in total. The molecule has 6 atom stereocenters. The van der Waals surface area contributed by atoms with Crippen molar-refractivity contribution in [2.45, 2.75) is 106 Å². The highest BCUT2D eigenvalue weighted by molar-refractivity contribution is 7.91. The highest BCUT2D eigenvalue weighted by atomic mass is 35.5. The summed E-state index contributed by atoms with van der Waals surface area (Å²) in [5.74, 6) is -10.1. The van der Waals surface area contributed by atoms with Crippen molar-refractivity contribution in [3.8, 4) is 0 Å². The number of rotatable bonds is 25. The third-order valence-corrected chi connectivity index (χ3v) is 14.6. The summed E-state index contributed by atoms with van der Waals surface area (Å²) in [6.07, 6.45) is -1.52. The van der Waals surface area contributed by atoms with E-state index in [2.05, 4.69) is 25.9 Å². The van der Waals surface area contributed by atoms with Crippen LogP contribution in [0.3, 0.4) is 0 Å². The second-order valence-electron chi connectivity index (χ2n) is 18.0. The Bertz CT molecular complexity index is 2980. The van der Waals surface area contributed by atoms with Crippen LogP contribution in [0.2, 0.25) is 5.02 Å². The van der Waals surface area contributed by atoms with E-state index in [0.717, 1.165) is 22.6 Å². The van der Waals surface area contributed by atoms with Crippen LogP contribution in [0.5, 0.6) is 0 Å². The van der Waals surface area contributed by atoms with Crippen molar-refractivity contribution in [3.63, 3.8) is 0 Å². The molecular weight excluding hydrogens is 1060 g/mol. The molecule has 0 bridgehead atoms. The lowest BCUT2D eigenvalue weighted by molar-refractivity contribution is -0.144. The summed E-state index contributed by atoms with van der Waals surface area (Å²) < 4.78 is 90.1. The molecule has 1 aliphatic rings. The fourth-order valence-corrected chi connectivity index (χ4v) is 10.2. The van der Waals surface area contributed by atoms with Gasteiger partial charge in [0.2, 0.25) is 29.9 Å². The molecule has 0 radical (unpaired) electrons. The van der Waals surface area contributed by atoms with Gasteiger partial charge in [-0.15, -0.1) is 0 Å². The first-order chi connectivity index (χ1) is 35.9. The summed E-state index contributed by atoms with van der Waals surface area (Å²) in [5, 5.41) is 8.86. The normalized spacial score (nSPS) is 16.1. The van der Waals surface area contributed by atoms with Gasteiger partial charge in [0.25, 0.3) is 43.7 Å². The molecule has 1 aromatic heterocycles. The molecule has 0 saturated carbocycles. The van der Waals surface area contributed by atoms with Gasteiger partial charge in [0.1, 0.15) is 29.9 Å². The van der Waals surface area contributed by atoms with Crippen LogP contribution in [0.15, 0.2) is 107 Å². The zero-order valence-corrected chi connectivity index (χ0v) is 43.8. The molecule has 1 aliphatic heterocycles. The molecule has 4 aromatic rings. The molecule has 0 spiro atoms. The quantitative estimate of drug-likeness (QED) is 0.0520. The van der Waals surface area contributed by atoms with E-state index >= 15 is 0 Å². The number of benzene rings is 3. The van der Waals surface area contributed by atoms with Crippen molar-refractivity contribution in [1.82, 2.24) is 45.6 Å². The molecule has 6 unspecified atom stereocenters. The smallest absolute Gasteiger partial charge is 0.290 e. The minimum atomic E-state index is -4.99. The number of nitrogens with one attached hydrogen (secondary N) is 6. The second kappa shape index (κ2) is 27.0. The van der Waals surface area contributed by atoms with E-state index in [1.165, 1.54) is 42.9 Å². The molecule has 408 valence electrons. The summed E-state index contributed by atoms with van der Waals surface area (Å²) in [4.78, 5) is 115. The van der Waals surface area contributed by atoms with Crippen LogP contribution >= 0.6 is 11.6 Å². The van der Waals surface area contributed by atoms with E-state index in [1.807, 2.05) is 19.2 Å². The van der Waals surface area contributed by atoms with E-state index in [0.29, 0.717) is 12.5 Å². The predicted molar refractivity (Wildman–Crippen MR) is 268 cm³/mol. The summed E-state index contributed by atoms with van der Waals surface area (Å²) in [6, 6.07) is 11.8. The molecular formula is C49H56ClF2N9O13S2. The first kappa shape index (κ1) is 59.6. The zero-order valence-electron chi connectivity index (χ0n) is 41.4. The number of hydrogen-bond donors (Lipinski definition) is 6. The van der Waals surface area contributed by atoms with Crippen molar-refractivity contribution in [2.75, 3.05) is 13.1 Å². The number of amides is 7.